The van der Waals surface area contributed by atoms with Gasteiger partial charge in [0.25, 0.3) is 0 Å². The molecule has 21 heavy (non-hydrogen) atoms. The monoisotopic (exact) mass is 291 g/mol. The van der Waals surface area contributed by atoms with Crippen LogP contribution in [0.5, 0.6) is 5.75 Å². The third-order valence-electron chi connectivity index (χ3n) is 3.94. The van der Waals surface area contributed by atoms with E-state index in [1.165, 1.54) is 5.56 Å². The fourth-order valence-corrected chi connectivity index (χ4v) is 2.72. The highest BCUT2D eigenvalue weighted by Gasteiger charge is 2.28. The van der Waals surface area contributed by atoms with Crippen molar-refractivity contribution in [3.63, 3.8) is 0 Å². The van der Waals surface area contributed by atoms with Crippen molar-refractivity contribution in [2.75, 3.05) is 13.2 Å². The predicted octanol–water partition coefficient (Wildman–Crippen LogP) is 3.94. The van der Waals surface area contributed by atoms with Gasteiger partial charge in [0, 0.05) is 19.2 Å². The molecule has 0 radical (unpaired) electrons. The third kappa shape index (κ3) is 4.72. The smallest absolute Gasteiger partial charge is 0.119 e. The van der Waals surface area contributed by atoms with E-state index >= 15 is 0 Å². The van der Waals surface area contributed by atoms with E-state index < -0.39 is 0 Å². The average Bonchev–Trinajstić information content (AvgIpc) is 2.64. The summed E-state index contributed by atoms with van der Waals surface area (Å²) >= 11 is 0. The second-order valence-electron chi connectivity index (χ2n) is 7.21. The Balaban J connectivity index is 1.99. The van der Waals surface area contributed by atoms with Crippen molar-refractivity contribution in [3.05, 3.63) is 29.8 Å². The number of hydrogen-bond acceptors (Lipinski definition) is 3. The Bertz CT molecular complexity index is 434. The van der Waals surface area contributed by atoms with E-state index in [1.807, 2.05) is 26.0 Å². The van der Waals surface area contributed by atoms with Crippen LogP contribution < -0.4 is 10.1 Å². The van der Waals surface area contributed by atoms with Crippen LogP contribution in [0.2, 0.25) is 0 Å². The molecule has 2 atom stereocenters. The van der Waals surface area contributed by atoms with Gasteiger partial charge in [-0.3, -0.25) is 0 Å². The van der Waals surface area contributed by atoms with Crippen molar-refractivity contribution in [1.82, 2.24) is 5.32 Å². The second-order valence-corrected chi connectivity index (χ2v) is 7.21. The summed E-state index contributed by atoms with van der Waals surface area (Å²) in [5.74, 6) is 0.919. The van der Waals surface area contributed by atoms with Gasteiger partial charge in [0.15, 0.2) is 0 Å². The molecule has 3 nitrogen and oxygen atoms in total. The quantitative estimate of drug-likeness (QED) is 0.915. The molecule has 2 rings (SSSR count). The molecule has 1 aliphatic heterocycles. The summed E-state index contributed by atoms with van der Waals surface area (Å²) in [6.45, 7) is 12.6. The van der Waals surface area contributed by atoms with E-state index in [9.17, 15) is 0 Å². The van der Waals surface area contributed by atoms with Gasteiger partial charge in [0.05, 0.1) is 12.2 Å². The third-order valence-corrected chi connectivity index (χ3v) is 3.94. The minimum absolute atomic E-state index is 0.130. The zero-order valence-corrected chi connectivity index (χ0v) is 14.0. The number of benzene rings is 1. The van der Waals surface area contributed by atoms with E-state index in [0.717, 1.165) is 25.3 Å². The Kier molecular flexibility index (Phi) is 5.28. The number of hydrogen-bond donors (Lipinski definition) is 1. The second kappa shape index (κ2) is 6.80. The first-order chi connectivity index (χ1) is 9.86. The molecule has 3 heteroatoms. The normalized spacial score (nSPS) is 23.9. The molecule has 1 heterocycles. The topological polar surface area (TPSA) is 30.5 Å². The van der Waals surface area contributed by atoms with Gasteiger partial charge < -0.3 is 14.8 Å². The molecule has 0 saturated carbocycles. The maximum Gasteiger partial charge on any atom is 0.119 e. The minimum Gasteiger partial charge on any atom is -0.491 e. The van der Waals surface area contributed by atoms with Crippen LogP contribution in [0.4, 0.5) is 0 Å². The van der Waals surface area contributed by atoms with Crippen LogP contribution in [0.3, 0.4) is 0 Å². The largest absolute Gasteiger partial charge is 0.491 e. The highest BCUT2D eigenvalue weighted by molar-refractivity contribution is 5.29. The summed E-state index contributed by atoms with van der Waals surface area (Å²) < 4.78 is 11.7. The molecular weight excluding hydrogens is 262 g/mol. The van der Waals surface area contributed by atoms with Crippen LogP contribution in [0.25, 0.3) is 0 Å². The van der Waals surface area contributed by atoms with E-state index in [0.29, 0.717) is 6.04 Å². The Morgan fingerprint density at radius 1 is 1.19 bits per heavy atom. The van der Waals surface area contributed by atoms with Gasteiger partial charge >= 0.3 is 0 Å². The summed E-state index contributed by atoms with van der Waals surface area (Å²) in [6.07, 6.45) is 1.40. The molecule has 1 aromatic carbocycles. The lowest BCUT2D eigenvalue weighted by molar-refractivity contribution is 0.0653. The van der Waals surface area contributed by atoms with Crippen molar-refractivity contribution < 1.29 is 9.47 Å². The van der Waals surface area contributed by atoms with Gasteiger partial charge in [-0.2, -0.15) is 0 Å². The maximum atomic E-state index is 6.03. The van der Waals surface area contributed by atoms with Gasteiger partial charge in [-0.05, 0) is 43.4 Å². The van der Waals surface area contributed by atoms with E-state index in [1.54, 1.807) is 0 Å². The van der Waals surface area contributed by atoms with Crippen LogP contribution in [-0.4, -0.2) is 25.3 Å². The van der Waals surface area contributed by atoms with Crippen LogP contribution in [0.1, 0.15) is 52.7 Å². The first-order valence-corrected chi connectivity index (χ1v) is 7.98. The lowest BCUT2D eigenvalue weighted by atomic mass is 9.85. The number of nitrogens with one attached hydrogen (secondary N) is 1. The summed E-state index contributed by atoms with van der Waals surface area (Å²) in [5.41, 5.74) is 1.49. The summed E-state index contributed by atoms with van der Waals surface area (Å²) in [6, 6.07) is 8.80. The molecule has 0 bridgehead atoms. The van der Waals surface area contributed by atoms with Crippen molar-refractivity contribution in [2.24, 2.45) is 5.41 Å². The van der Waals surface area contributed by atoms with Crippen molar-refractivity contribution in [1.29, 1.82) is 0 Å². The molecule has 0 aliphatic carbocycles. The average molecular weight is 291 g/mol. The minimum atomic E-state index is 0.130. The molecule has 1 aliphatic rings. The summed E-state index contributed by atoms with van der Waals surface area (Å²) in [4.78, 5) is 0. The van der Waals surface area contributed by atoms with Crippen molar-refractivity contribution in [3.8, 4) is 5.75 Å². The number of ether oxygens (including phenoxy) is 2. The summed E-state index contributed by atoms with van der Waals surface area (Å²) in [5, 5.41) is 3.66. The molecule has 118 valence electrons. The Labute approximate surface area is 129 Å². The van der Waals surface area contributed by atoms with Gasteiger partial charge in [-0.1, -0.05) is 32.9 Å². The van der Waals surface area contributed by atoms with Gasteiger partial charge in [-0.25, -0.2) is 0 Å². The van der Waals surface area contributed by atoms with E-state index in [-0.39, 0.29) is 17.6 Å². The first kappa shape index (κ1) is 16.3. The predicted molar refractivity (Wildman–Crippen MR) is 86.8 cm³/mol. The zero-order valence-electron chi connectivity index (χ0n) is 14.0. The Morgan fingerprint density at radius 3 is 2.43 bits per heavy atom. The van der Waals surface area contributed by atoms with Crippen molar-refractivity contribution >= 4 is 0 Å². The molecule has 0 amide bonds. The van der Waals surface area contributed by atoms with Crippen molar-refractivity contribution in [2.45, 2.75) is 59.3 Å². The molecule has 0 spiro atoms. The van der Waals surface area contributed by atoms with E-state index in [2.05, 4.69) is 38.2 Å². The van der Waals surface area contributed by atoms with Crippen LogP contribution in [0.15, 0.2) is 24.3 Å². The lowest BCUT2D eigenvalue weighted by Crippen LogP contribution is -2.40. The lowest BCUT2D eigenvalue weighted by Gasteiger charge is -2.30. The first-order valence-electron chi connectivity index (χ1n) is 7.98. The SMILES string of the molecule is CC(C)Oc1ccc(C2CNC(C(C)(C)C)CCO2)cc1. The fraction of sp³-hybridized carbons (Fsp3) is 0.667. The highest BCUT2D eigenvalue weighted by Crippen LogP contribution is 2.28. The molecule has 1 fully saturated rings. The van der Waals surface area contributed by atoms with Gasteiger partial charge in [0.2, 0.25) is 0 Å². The van der Waals surface area contributed by atoms with Gasteiger partial charge in [-0.15, -0.1) is 0 Å². The molecule has 0 aromatic heterocycles. The molecule has 1 aromatic rings. The molecule has 1 N–H and O–H groups in total. The van der Waals surface area contributed by atoms with E-state index in [4.69, 9.17) is 9.47 Å². The molecular formula is C18H29NO2. The fourth-order valence-electron chi connectivity index (χ4n) is 2.72. The Morgan fingerprint density at radius 2 is 1.86 bits per heavy atom. The highest BCUT2D eigenvalue weighted by atomic mass is 16.5. The van der Waals surface area contributed by atoms with Crippen LogP contribution in [0, 0.1) is 5.41 Å². The molecule has 2 unspecified atom stereocenters. The Hall–Kier alpha value is -1.06. The maximum absolute atomic E-state index is 6.03. The molecule has 1 saturated heterocycles. The van der Waals surface area contributed by atoms with Gasteiger partial charge in [0.1, 0.15) is 5.75 Å². The van der Waals surface area contributed by atoms with Crippen LogP contribution >= 0.6 is 0 Å². The zero-order chi connectivity index (χ0) is 15.5. The standard InChI is InChI=1S/C18H29NO2/c1-13(2)21-15-8-6-14(7-9-15)16-12-19-17(10-11-20-16)18(3,4)5/h6-9,13,16-17,19H,10-12H2,1-5H3. The van der Waals surface area contributed by atoms with Crippen LogP contribution in [-0.2, 0) is 4.74 Å². The summed E-state index contributed by atoms with van der Waals surface area (Å²) in [7, 11) is 0. The number of rotatable bonds is 3.